The molecule has 4 heteroatoms. The van der Waals surface area contributed by atoms with Gasteiger partial charge in [0.2, 0.25) is 0 Å². The molecule has 0 bridgehead atoms. The fourth-order valence-corrected chi connectivity index (χ4v) is 2.54. The maximum absolute atomic E-state index is 5.56. The van der Waals surface area contributed by atoms with Crippen LogP contribution in [0.25, 0.3) is 0 Å². The summed E-state index contributed by atoms with van der Waals surface area (Å²) in [6.45, 7) is 1.96. The number of hydrogen-bond donors (Lipinski definition) is 0. The molecule has 0 aromatic carbocycles. The third kappa shape index (κ3) is 1.66. The highest BCUT2D eigenvalue weighted by Gasteiger charge is 2.02. The van der Waals surface area contributed by atoms with Crippen LogP contribution in [0.2, 0.25) is 0 Å². The number of halogens is 2. The lowest BCUT2D eigenvalue weighted by Gasteiger charge is -1.82. The Balaban J connectivity index is 3.01. The molecule has 0 aliphatic rings. The third-order valence-electron chi connectivity index (χ3n) is 0.883. The molecule has 1 aromatic rings. The van der Waals surface area contributed by atoms with Crippen LogP contribution >= 0.6 is 38.9 Å². The van der Waals surface area contributed by atoms with Crippen molar-refractivity contribution in [3.05, 3.63) is 14.5 Å². The first kappa shape index (κ1) is 7.51. The summed E-state index contributed by atoms with van der Waals surface area (Å²) in [5.74, 6) is 0.491. The predicted molar refractivity (Wildman–Crippen MR) is 44.1 cm³/mol. The molecule has 9 heavy (non-hydrogen) atoms. The first-order chi connectivity index (χ1) is 4.24. The van der Waals surface area contributed by atoms with E-state index in [1.54, 1.807) is 11.3 Å². The van der Waals surface area contributed by atoms with Crippen molar-refractivity contribution in [2.75, 3.05) is 0 Å². The smallest absolute Gasteiger partial charge is 0.0944 e. The second-order valence-electron chi connectivity index (χ2n) is 1.59. The molecule has 0 saturated heterocycles. The van der Waals surface area contributed by atoms with Gasteiger partial charge in [-0.3, -0.25) is 0 Å². The highest BCUT2D eigenvalue weighted by Crippen LogP contribution is 2.24. The normalized spacial score (nSPS) is 10.1. The quantitative estimate of drug-likeness (QED) is 0.671. The summed E-state index contributed by atoms with van der Waals surface area (Å²) < 4.78 is 1.05. The minimum Gasteiger partial charge on any atom is -0.244 e. The van der Waals surface area contributed by atoms with E-state index in [4.69, 9.17) is 11.6 Å². The lowest BCUT2D eigenvalue weighted by atomic mass is 10.6. The van der Waals surface area contributed by atoms with Gasteiger partial charge >= 0.3 is 0 Å². The molecule has 1 nitrogen and oxygen atoms in total. The van der Waals surface area contributed by atoms with Gasteiger partial charge in [0.1, 0.15) is 0 Å². The van der Waals surface area contributed by atoms with Crippen molar-refractivity contribution in [2.24, 2.45) is 0 Å². The monoisotopic (exact) mass is 225 g/mol. The molecule has 0 aliphatic carbocycles. The number of rotatable bonds is 1. The topological polar surface area (TPSA) is 12.9 Å². The summed E-state index contributed by atoms with van der Waals surface area (Å²) in [7, 11) is 0. The molecule has 1 aromatic heterocycles. The van der Waals surface area contributed by atoms with Crippen LogP contribution in [0.5, 0.6) is 0 Å². The van der Waals surface area contributed by atoms with Gasteiger partial charge in [0.05, 0.1) is 20.4 Å². The largest absolute Gasteiger partial charge is 0.244 e. The summed E-state index contributed by atoms with van der Waals surface area (Å²) in [6.07, 6.45) is 0. The van der Waals surface area contributed by atoms with E-state index in [9.17, 15) is 0 Å². The minimum atomic E-state index is 0.491. The Morgan fingerprint density at radius 1 is 1.78 bits per heavy atom. The fourth-order valence-electron chi connectivity index (χ4n) is 0.528. The summed E-state index contributed by atoms with van der Waals surface area (Å²) in [5, 5.41) is 1.05. The van der Waals surface area contributed by atoms with Crippen LogP contribution in [0.1, 0.15) is 10.7 Å². The standard InChI is InChI=1S/C5H5BrClNS/c1-3-8-4(2-7)5(6)9-3/h2H2,1H3. The average molecular weight is 227 g/mol. The summed E-state index contributed by atoms with van der Waals surface area (Å²) in [6, 6.07) is 0. The van der Waals surface area contributed by atoms with Crippen LogP contribution in [0, 0.1) is 6.92 Å². The van der Waals surface area contributed by atoms with Crippen molar-refractivity contribution in [3.8, 4) is 0 Å². The van der Waals surface area contributed by atoms with Gasteiger partial charge in [-0.15, -0.1) is 22.9 Å². The molecule has 0 saturated carbocycles. The van der Waals surface area contributed by atoms with E-state index < -0.39 is 0 Å². The first-order valence-corrected chi connectivity index (χ1v) is 4.56. The number of nitrogens with zero attached hydrogens (tertiary/aromatic N) is 1. The van der Waals surface area contributed by atoms with E-state index in [-0.39, 0.29) is 0 Å². The van der Waals surface area contributed by atoms with Gasteiger partial charge < -0.3 is 0 Å². The zero-order valence-electron chi connectivity index (χ0n) is 4.82. The van der Waals surface area contributed by atoms with Crippen molar-refractivity contribution < 1.29 is 0 Å². The van der Waals surface area contributed by atoms with Crippen LogP contribution in [-0.4, -0.2) is 4.98 Å². The Morgan fingerprint density at radius 3 is 2.67 bits per heavy atom. The molecule has 50 valence electrons. The fraction of sp³-hybridized carbons (Fsp3) is 0.400. The van der Waals surface area contributed by atoms with Crippen LogP contribution in [0.4, 0.5) is 0 Å². The summed E-state index contributed by atoms with van der Waals surface area (Å²) >= 11 is 10.5. The number of aryl methyl sites for hydroxylation is 1. The predicted octanol–water partition coefficient (Wildman–Crippen LogP) is 2.95. The van der Waals surface area contributed by atoms with Gasteiger partial charge in [0.25, 0.3) is 0 Å². The first-order valence-electron chi connectivity index (χ1n) is 2.42. The number of hydrogen-bond acceptors (Lipinski definition) is 2. The number of alkyl halides is 1. The maximum Gasteiger partial charge on any atom is 0.0944 e. The molecule has 0 N–H and O–H groups in total. The molecule has 0 atom stereocenters. The van der Waals surface area contributed by atoms with E-state index >= 15 is 0 Å². The Hall–Kier alpha value is 0.400. The van der Waals surface area contributed by atoms with Gasteiger partial charge in [-0.05, 0) is 22.9 Å². The molecular formula is C5H5BrClNS. The molecule has 0 fully saturated rings. The molecule has 0 unspecified atom stereocenters. The minimum absolute atomic E-state index is 0.491. The van der Waals surface area contributed by atoms with Crippen LogP contribution in [0.3, 0.4) is 0 Å². The van der Waals surface area contributed by atoms with E-state index in [1.807, 2.05) is 6.92 Å². The number of aromatic nitrogens is 1. The average Bonchev–Trinajstić information content (AvgIpc) is 2.10. The molecule has 0 amide bonds. The Morgan fingerprint density at radius 2 is 2.44 bits per heavy atom. The van der Waals surface area contributed by atoms with Gasteiger partial charge in [0.15, 0.2) is 0 Å². The number of thiazole rings is 1. The van der Waals surface area contributed by atoms with Gasteiger partial charge in [-0.1, -0.05) is 0 Å². The maximum atomic E-state index is 5.56. The summed E-state index contributed by atoms with van der Waals surface area (Å²) in [5.41, 5.74) is 0.944. The van der Waals surface area contributed by atoms with Crippen molar-refractivity contribution >= 4 is 38.9 Å². The second-order valence-corrected chi connectivity index (χ2v) is 4.38. The highest BCUT2D eigenvalue weighted by molar-refractivity contribution is 9.11. The van der Waals surface area contributed by atoms with E-state index in [0.717, 1.165) is 14.5 Å². The van der Waals surface area contributed by atoms with Crippen LogP contribution in [-0.2, 0) is 5.88 Å². The molecule has 0 radical (unpaired) electrons. The Labute approximate surface area is 71.2 Å². The molecule has 0 spiro atoms. The van der Waals surface area contributed by atoms with Gasteiger partial charge in [-0.25, -0.2) is 4.98 Å². The lowest BCUT2D eigenvalue weighted by molar-refractivity contribution is 1.16. The molecule has 1 rings (SSSR count). The Bertz CT molecular complexity index is 211. The molecule has 1 heterocycles. The van der Waals surface area contributed by atoms with Gasteiger partial charge in [-0.2, -0.15) is 0 Å². The zero-order valence-corrected chi connectivity index (χ0v) is 7.98. The van der Waals surface area contributed by atoms with E-state index in [2.05, 4.69) is 20.9 Å². The van der Waals surface area contributed by atoms with Crippen LogP contribution in [0.15, 0.2) is 3.79 Å². The van der Waals surface area contributed by atoms with Crippen molar-refractivity contribution in [2.45, 2.75) is 12.8 Å². The highest BCUT2D eigenvalue weighted by atomic mass is 79.9. The molecule has 0 aliphatic heterocycles. The molecular weight excluding hydrogens is 221 g/mol. The zero-order chi connectivity index (χ0) is 6.85. The lowest BCUT2D eigenvalue weighted by Crippen LogP contribution is -1.76. The van der Waals surface area contributed by atoms with Crippen molar-refractivity contribution in [3.63, 3.8) is 0 Å². The third-order valence-corrected chi connectivity index (χ3v) is 2.88. The summed E-state index contributed by atoms with van der Waals surface area (Å²) in [4.78, 5) is 4.17. The second kappa shape index (κ2) is 2.99. The van der Waals surface area contributed by atoms with Crippen molar-refractivity contribution in [1.82, 2.24) is 4.98 Å². The SMILES string of the molecule is Cc1nc(CCl)c(Br)s1. The van der Waals surface area contributed by atoms with Crippen molar-refractivity contribution in [1.29, 1.82) is 0 Å². The van der Waals surface area contributed by atoms with E-state index in [0.29, 0.717) is 5.88 Å². The van der Waals surface area contributed by atoms with Gasteiger partial charge in [0, 0.05) is 0 Å². The van der Waals surface area contributed by atoms with E-state index in [1.165, 1.54) is 0 Å². The van der Waals surface area contributed by atoms with Crippen LogP contribution < -0.4 is 0 Å². The Kier molecular flexibility index (Phi) is 2.50.